The number of thiazole rings is 1. The monoisotopic (exact) mass is 311 g/mol. The van der Waals surface area contributed by atoms with Gasteiger partial charge in [-0.2, -0.15) is 0 Å². The highest BCUT2D eigenvalue weighted by molar-refractivity contribution is 7.13. The van der Waals surface area contributed by atoms with Gasteiger partial charge in [-0.1, -0.05) is 0 Å². The molecule has 21 heavy (non-hydrogen) atoms. The Labute approximate surface area is 130 Å². The van der Waals surface area contributed by atoms with Crippen LogP contribution < -0.4 is 10.2 Å². The van der Waals surface area contributed by atoms with Crippen molar-refractivity contribution >= 4 is 16.5 Å². The Morgan fingerprint density at radius 2 is 2.33 bits per heavy atom. The predicted octanol–water partition coefficient (Wildman–Crippen LogP) is 1.90. The van der Waals surface area contributed by atoms with Gasteiger partial charge in [-0.15, -0.1) is 11.3 Å². The number of hydrogen-bond donors (Lipinski definition) is 1. The maximum atomic E-state index is 5.88. The summed E-state index contributed by atoms with van der Waals surface area (Å²) in [7, 11) is 0. The van der Waals surface area contributed by atoms with Crippen molar-refractivity contribution in [2.45, 2.75) is 44.4 Å². The second-order valence-corrected chi connectivity index (χ2v) is 6.84. The molecule has 0 bridgehead atoms. The van der Waals surface area contributed by atoms with Gasteiger partial charge in [-0.05, 0) is 26.2 Å². The van der Waals surface area contributed by atoms with Gasteiger partial charge in [0, 0.05) is 43.4 Å². The van der Waals surface area contributed by atoms with E-state index in [1.54, 1.807) is 11.3 Å². The van der Waals surface area contributed by atoms with E-state index < -0.39 is 0 Å². The molecular weight excluding hydrogens is 286 g/mol. The third-order valence-electron chi connectivity index (χ3n) is 4.17. The summed E-state index contributed by atoms with van der Waals surface area (Å²) in [6.45, 7) is 6.79. The van der Waals surface area contributed by atoms with Crippen LogP contribution >= 0.6 is 11.3 Å². The van der Waals surface area contributed by atoms with Crippen molar-refractivity contribution < 1.29 is 9.47 Å². The molecule has 0 amide bonds. The first kappa shape index (κ1) is 15.2. The van der Waals surface area contributed by atoms with Crippen LogP contribution in [0.1, 0.15) is 26.2 Å². The standard InChI is InChI=1S/C15H25N3O2S/c1-12(10-20-14-4-8-19-11-14)17-13-2-6-18(7-3-13)15-16-5-9-21-15/h5,9,12-14,17H,2-4,6-8,10-11H2,1H3/t12-,14+/m1/s1. The molecule has 1 aromatic rings. The normalized spacial score (nSPS) is 25.4. The Hall–Kier alpha value is -0.690. The summed E-state index contributed by atoms with van der Waals surface area (Å²) in [4.78, 5) is 6.78. The molecule has 1 N–H and O–H groups in total. The smallest absolute Gasteiger partial charge is 0.185 e. The zero-order chi connectivity index (χ0) is 14.5. The van der Waals surface area contributed by atoms with Gasteiger partial charge < -0.3 is 19.7 Å². The summed E-state index contributed by atoms with van der Waals surface area (Å²) in [6.07, 6.45) is 5.59. The molecular formula is C15H25N3O2S. The van der Waals surface area contributed by atoms with Gasteiger partial charge in [0.05, 0.1) is 19.3 Å². The minimum absolute atomic E-state index is 0.306. The number of nitrogens with one attached hydrogen (secondary N) is 1. The van der Waals surface area contributed by atoms with Crippen molar-refractivity contribution in [1.82, 2.24) is 10.3 Å². The Bertz CT molecular complexity index is 401. The zero-order valence-corrected chi connectivity index (χ0v) is 13.5. The van der Waals surface area contributed by atoms with Crippen molar-refractivity contribution in [2.24, 2.45) is 0 Å². The largest absolute Gasteiger partial charge is 0.379 e. The second-order valence-electron chi connectivity index (χ2n) is 5.96. The fourth-order valence-corrected chi connectivity index (χ4v) is 3.68. The molecule has 0 radical (unpaired) electrons. The summed E-state index contributed by atoms with van der Waals surface area (Å²) in [5.41, 5.74) is 0. The topological polar surface area (TPSA) is 46.6 Å². The number of anilines is 1. The summed E-state index contributed by atoms with van der Waals surface area (Å²) < 4.78 is 11.2. The van der Waals surface area contributed by atoms with Crippen molar-refractivity contribution in [3.63, 3.8) is 0 Å². The van der Waals surface area contributed by atoms with Gasteiger partial charge in [0.1, 0.15) is 0 Å². The summed E-state index contributed by atoms with van der Waals surface area (Å²) >= 11 is 1.73. The van der Waals surface area contributed by atoms with Crippen LogP contribution in [0.5, 0.6) is 0 Å². The van der Waals surface area contributed by atoms with E-state index in [9.17, 15) is 0 Å². The fraction of sp³-hybridized carbons (Fsp3) is 0.800. The highest BCUT2D eigenvalue weighted by Gasteiger charge is 2.22. The second kappa shape index (κ2) is 7.54. The first-order chi connectivity index (χ1) is 10.3. The molecule has 5 nitrogen and oxygen atoms in total. The molecule has 2 aliphatic heterocycles. The molecule has 0 unspecified atom stereocenters. The van der Waals surface area contributed by atoms with Gasteiger partial charge in [-0.25, -0.2) is 4.98 Å². The average molecular weight is 311 g/mol. The number of nitrogens with zero attached hydrogens (tertiary/aromatic N) is 2. The highest BCUT2D eigenvalue weighted by atomic mass is 32.1. The molecule has 2 atom stereocenters. The van der Waals surface area contributed by atoms with Crippen LogP contribution in [0.3, 0.4) is 0 Å². The third kappa shape index (κ3) is 4.39. The Kier molecular flexibility index (Phi) is 5.46. The molecule has 118 valence electrons. The lowest BCUT2D eigenvalue weighted by atomic mass is 10.0. The number of aromatic nitrogens is 1. The zero-order valence-electron chi connectivity index (χ0n) is 12.7. The lowest BCUT2D eigenvalue weighted by molar-refractivity contribution is 0.0304. The van der Waals surface area contributed by atoms with Crippen LogP contribution in [-0.4, -0.2) is 56.1 Å². The van der Waals surface area contributed by atoms with Gasteiger partial charge in [0.15, 0.2) is 5.13 Å². The number of rotatable bonds is 6. The van der Waals surface area contributed by atoms with Crippen molar-refractivity contribution in [3.05, 3.63) is 11.6 Å². The lowest BCUT2D eigenvalue weighted by Crippen LogP contribution is -2.47. The van der Waals surface area contributed by atoms with E-state index >= 15 is 0 Å². The molecule has 0 aliphatic carbocycles. The Morgan fingerprint density at radius 1 is 1.48 bits per heavy atom. The van der Waals surface area contributed by atoms with E-state index in [-0.39, 0.29) is 0 Å². The Morgan fingerprint density at radius 3 is 3.00 bits per heavy atom. The first-order valence-corrected chi connectivity index (χ1v) is 8.79. The summed E-state index contributed by atoms with van der Waals surface area (Å²) in [5.74, 6) is 0. The summed E-state index contributed by atoms with van der Waals surface area (Å²) in [6, 6.07) is 1.00. The lowest BCUT2D eigenvalue weighted by Gasteiger charge is -2.33. The maximum absolute atomic E-state index is 5.88. The molecule has 6 heteroatoms. The van der Waals surface area contributed by atoms with Crippen LogP contribution in [0.2, 0.25) is 0 Å². The minimum Gasteiger partial charge on any atom is -0.379 e. The van der Waals surface area contributed by atoms with Crippen molar-refractivity contribution in [3.8, 4) is 0 Å². The molecule has 2 fully saturated rings. The number of piperidine rings is 1. The van der Waals surface area contributed by atoms with E-state index in [0.29, 0.717) is 18.2 Å². The van der Waals surface area contributed by atoms with Crippen LogP contribution in [0.25, 0.3) is 0 Å². The molecule has 3 rings (SSSR count). The number of ether oxygens (including phenoxy) is 2. The van der Waals surface area contributed by atoms with E-state index in [2.05, 4.69) is 22.1 Å². The summed E-state index contributed by atoms with van der Waals surface area (Å²) in [5, 5.41) is 6.90. The van der Waals surface area contributed by atoms with Gasteiger partial charge in [0.2, 0.25) is 0 Å². The van der Waals surface area contributed by atoms with E-state index in [1.165, 1.54) is 12.8 Å². The van der Waals surface area contributed by atoms with Crippen LogP contribution in [0.4, 0.5) is 5.13 Å². The van der Waals surface area contributed by atoms with Gasteiger partial charge in [-0.3, -0.25) is 0 Å². The molecule has 3 heterocycles. The third-order valence-corrected chi connectivity index (χ3v) is 5.01. The molecule has 0 aromatic carbocycles. The van der Waals surface area contributed by atoms with Gasteiger partial charge in [0.25, 0.3) is 0 Å². The quantitative estimate of drug-likeness (QED) is 0.869. The first-order valence-electron chi connectivity index (χ1n) is 7.91. The van der Waals surface area contributed by atoms with Crippen molar-refractivity contribution in [1.29, 1.82) is 0 Å². The van der Waals surface area contributed by atoms with E-state index in [4.69, 9.17) is 9.47 Å². The van der Waals surface area contributed by atoms with E-state index in [0.717, 1.165) is 44.5 Å². The Balaban J connectivity index is 1.34. The maximum Gasteiger partial charge on any atom is 0.185 e. The molecule has 0 spiro atoms. The van der Waals surface area contributed by atoms with Crippen LogP contribution in [-0.2, 0) is 9.47 Å². The SMILES string of the molecule is C[C@H](CO[C@H]1CCOC1)NC1CCN(c2nccs2)CC1. The predicted molar refractivity (Wildman–Crippen MR) is 85.1 cm³/mol. The highest BCUT2D eigenvalue weighted by Crippen LogP contribution is 2.22. The van der Waals surface area contributed by atoms with Crippen LogP contribution in [0.15, 0.2) is 11.6 Å². The number of hydrogen-bond acceptors (Lipinski definition) is 6. The van der Waals surface area contributed by atoms with Crippen LogP contribution in [0, 0.1) is 0 Å². The molecule has 2 saturated heterocycles. The average Bonchev–Trinajstić information content (AvgIpc) is 3.19. The molecule has 0 saturated carbocycles. The van der Waals surface area contributed by atoms with Gasteiger partial charge >= 0.3 is 0 Å². The molecule has 2 aliphatic rings. The fourth-order valence-electron chi connectivity index (χ4n) is 2.98. The van der Waals surface area contributed by atoms with E-state index in [1.807, 2.05) is 11.6 Å². The molecule has 1 aromatic heterocycles. The van der Waals surface area contributed by atoms with Crippen molar-refractivity contribution in [2.75, 3.05) is 37.8 Å². The minimum atomic E-state index is 0.306.